The van der Waals surface area contributed by atoms with Crippen LogP contribution < -0.4 is 0 Å². The summed E-state index contributed by atoms with van der Waals surface area (Å²) in [7, 11) is 0. The number of nitroso groups, excluding NO2 is 1. The van der Waals surface area contributed by atoms with E-state index in [0.29, 0.717) is 5.65 Å². The average Bonchev–Trinajstić information content (AvgIpc) is 2.53. The molecule has 0 saturated heterocycles. The van der Waals surface area contributed by atoms with Gasteiger partial charge in [-0.3, -0.25) is 9.20 Å². The zero-order valence-corrected chi connectivity index (χ0v) is 7.62. The molecule has 0 aliphatic rings. The molecule has 2 heterocycles. The molecule has 0 aliphatic carbocycles. The largest absolute Gasteiger partial charge is 0.481 e. The maximum Gasteiger partial charge on any atom is 0.309 e. The van der Waals surface area contributed by atoms with Gasteiger partial charge in [-0.15, -0.1) is 4.91 Å². The van der Waals surface area contributed by atoms with Crippen LogP contribution in [0.15, 0.2) is 29.6 Å². The molecular formula is C9H7N3O3. The van der Waals surface area contributed by atoms with Crippen LogP contribution >= 0.6 is 0 Å². The fourth-order valence-corrected chi connectivity index (χ4v) is 1.39. The summed E-state index contributed by atoms with van der Waals surface area (Å²) in [6.45, 7) is 0. The Kier molecular flexibility index (Phi) is 2.17. The van der Waals surface area contributed by atoms with Gasteiger partial charge < -0.3 is 5.11 Å². The van der Waals surface area contributed by atoms with Crippen LogP contribution in [-0.4, -0.2) is 20.5 Å². The zero-order chi connectivity index (χ0) is 10.8. The van der Waals surface area contributed by atoms with Crippen LogP contribution in [0.25, 0.3) is 5.65 Å². The van der Waals surface area contributed by atoms with E-state index in [9.17, 15) is 9.70 Å². The third-order valence-corrected chi connectivity index (χ3v) is 1.98. The summed E-state index contributed by atoms with van der Waals surface area (Å²) < 4.78 is 1.46. The smallest absolute Gasteiger partial charge is 0.309 e. The number of aromatic nitrogens is 2. The predicted molar refractivity (Wildman–Crippen MR) is 52.0 cm³/mol. The van der Waals surface area contributed by atoms with Gasteiger partial charge in [0.05, 0.1) is 6.42 Å². The Labute approximate surface area is 84.1 Å². The van der Waals surface area contributed by atoms with E-state index in [1.165, 1.54) is 4.40 Å². The number of nitrogens with zero attached hydrogens (tertiary/aromatic N) is 3. The first-order valence-corrected chi connectivity index (χ1v) is 4.23. The number of rotatable bonds is 3. The Morgan fingerprint density at radius 3 is 3.00 bits per heavy atom. The van der Waals surface area contributed by atoms with Crippen LogP contribution in [0, 0.1) is 4.91 Å². The first-order chi connectivity index (χ1) is 7.22. The quantitative estimate of drug-likeness (QED) is 0.766. The second-order valence-electron chi connectivity index (χ2n) is 2.97. The minimum atomic E-state index is -1.04. The van der Waals surface area contributed by atoms with E-state index in [1.807, 2.05) is 0 Å². The molecule has 0 bridgehead atoms. The van der Waals surface area contributed by atoms with E-state index in [0.717, 1.165) is 0 Å². The van der Waals surface area contributed by atoms with Crippen molar-refractivity contribution < 1.29 is 9.90 Å². The second kappa shape index (κ2) is 3.49. The van der Waals surface area contributed by atoms with Crippen molar-refractivity contribution in [3.05, 3.63) is 35.0 Å². The molecule has 6 nitrogen and oxygen atoms in total. The van der Waals surface area contributed by atoms with Gasteiger partial charge in [0, 0.05) is 6.20 Å². The molecule has 0 aliphatic heterocycles. The van der Waals surface area contributed by atoms with Crippen molar-refractivity contribution in [1.29, 1.82) is 0 Å². The Bertz CT molecular complexity index is 532. The van der Waals surface area contributed by atoms with E-state index >= 15 is 0 Å². The highest BCUT2D eigenvalue weighted by Gasteiger charge is 2.14. The lowest BCUT2D eigenvalue weighted by Gasteiger charge is -1.92. The maximum atomic E-state index is 10.6. The van der Waals surface area contributed by atoms with Crippen molar-refractivity contribution in [2.75, 3.05) is 0 Å². The van der Waals surface area contributed by atoms with Gasteiger partial charge in [-0.1, -0.05) is 6.07 Å². The minimum absolute atomic E-state index is 0.0491. The van der Waals surface area contributed by atoms with Gasteiger partial charge in [-0.25, -0.2) is 4.98 Å². The van der Waals surface area contributed by atoms with Crippen LogP contribution in [0.2, 0.25) is 0 Å². The van der Waals surface area contributed by atoms with E-state index in [2.05, 4.69) is 10.2 Å². The molecule has 0 unspecified atom stereocenters. The number of fused-ring (bicyclic) bond motifs is 1. The highest BCUT2D eigenvalue weighted by molar-refractivity contribution is 5.72. The van der Waals surface area contributed by atoms with Crippen molar-refractivity contribution >= 4 is 17.4 Å². The monoisotopic (exact) mass is 205 g/mol. The molecule has 0 spiro atoms. The van der Waals surface area contributed by atoms with Crippen LogP contribution in [-0.2, 0) is 11.2 Å². The molecule has 6 heteroatoms. The van der Waals surface area contributed by atoms with Gasteiger partial charge in [-0.2, -0.15) is 0 Å². The van der Waals surface area contributed by atoms with Crippen molar-refractivity contribution in [2.24, 2.45) is 5.18 Å². The summed E-state index contributed by atoms with van der Waals surface area (Å²) in [5.41, 5.74) is 0.701. The second-order valence-corrected chi connectivity index (χ2v) is 2.97. The lowest BCUT2D eigenvalue weighted by Crippen LogP contribution is -2.00. The molecule has 2 aromatic rings. The number of hydrogen-bond donors (Lipinski definition) is 1. The number of aliphatic carboxylic acids is 1. The van der Waals surface area contributed by atoms with Crippen LogP contribution in [0.4, 0.5) is 5.82 Å². The Balaban J connectivity index is 2.63. The SMILES string of the molecule is O=Nc1c(CC(=O)O)nc2ccccn12. The highest BCUT2D eigenvalue weighted by atomic mass is 16.4. The predicted octanol–water partition coefficient (Wildman–Crippen LogP) is 1.36. The standard InChI is InChI=1S/C9H7N3O3/c13-8(14)5-6-9(11-15)12-4-2-1-3-7(12)10-6/h1-4H,5H2,(H,13,14). The van der Waals surface area contributed by atoms with Crippen molar-refractivity contribution in [3.63, 3.8) is 0 Å². The Hall–Kier alpha value is -2.24. The molecule has 0 saturated carbocycles. The third kappa shape index (κ3) is 1.56. The Morgan fingerprint density at radius 1 is 1.53 bits per heavy atom. The molecule has 15 heavy (non-hydrogen) atoms. The van der Waals surface area contributed by atoms with E-state index in [4.69, 9.17) is 5.11 Å². The fourth-order valence-electron chi connectivity index (χ4n) is 1.39. The van der Waals surface area contributed by atoms with E-state index in [-0.39, 0.29) is 17.9 Å². The summed E-state index contributed by atoms with van der Waals surface area (Å²) in [4.78, 5) is 25.1. The number of carbonyl (C=O) groups is 1. The molecule has 2 rings (SSSR count). The fraction of sp³-hybridized carbons (Fsp3) is 0.111. The number of pyridine rings is 1. The third-order valence-electron chi connectivity index (χ3n) is 1.98. The first kappa shape index (κ1) is 9.32. The molecule has 0 aromatic carbocycles. The maximum absolute atomic E-state index is 10.6. The number of imidazole rings is 1. The molecule has 0 atom stereocenters. The first-order valence-electron chi connectivity index (χ1n) is 4.23. The number of carboxylic acids is 1. The van der Waals surface area contributed by atoms with Gasteiger partial charge in [0.15, 0.2) is 0 Å². The summed E-state index contributed by atoms with van der Waals surface area (Å²) >= 11 is 0. The van der Waals surface area contributed by atoms with E-state index < -0.39 is 5.97 Å². The minimum Gasteiger partial charge on any atom is -0.481 e. The van der Waals surface area contributed by atoms with E-state index in [1.54, 1.807) is 24.4 Å². The van der Waals surface area contributed by atoms with Gasteiger partial charge in [0.1, 0.15) is 11.3 Å². The molecule has 0 amide bonds. The molecule has 2 aromatic heterocycles. The van der Waals surface area contributed by atoms with Gasteiger partial charge in [0.25, 0.3) is 0 Å². The summed E-state index contributed by atoms with van der Waals surface area (Å²) in [5, 5.41) is 11.4. The average molecular weight is 205 g/mol. The number of hydrogen-bond acceptors (Lipinski definition) is 4. The zero-order valence-electron chi connectivity index (χ0n) is 7.62. The highest BCUT2D eigenvalue weighted by Crippen LogP contribution is 2.21. The van der Waals surface area contributed by atoms with Crippen molar-refractivity contribution in [1.82, 2.24) is 9.38 Å². The lowest BCUT2D eigenvalue weighted by molar-refractivity contribution is -0.136. The van der Waals surface area contributed by atoms with Crippen LogP contribution in [0.3, 0.4) is 0 Å². The Morgan fingerprint density at radius 2 is 2.33 bits per heavy atom. The van der Waals surface area contributed by atoms with Crippen molar-refractivity contribution in [3.8, 4) is 0 Å². The number of carboxylic acid groups (broad SMARTS) is 1. The lowest BCUT2D eigenvalue weighted by atomic mass is 10.3. The summed E-state index contributed by atoms with van der Waals surface area (Å²) in [6.07, 6.45) is 1.31. The molecule has 1 N–H and O–H groups in total. The van der Waals surface area contributed by atoms with Crippen LogP contribution in [0.5, 0.6) is 0 Å². The van der Waals surface area contributed by atoms with Crippen molar-refractivity contribution in [2.45, 2.75) is 6.42 Å². The molecular weight excluding hydrogens is 198 g/mol. The molecule has 76 valence electrons. The van der Waals surface area contributed by atoms with Gasteiger partial charge in [-0.05, 0) is 17.3 Å². The molecule has 0 fully saturated rings. The summed E-state index contributed by atoms with van der Waals surface area (Å²) in [6, 6.07) is 5.15. The van der Waals surface area contributed by atoms with Gasteiger partial charge >= 0.3 is 5.97 Å². The van der Waals surface area contributed by atoms with Gasteiger partial charge in [0.2, 0.25) is 5.82 Å². The topological polar surface area (TPSA) is 84.0 Å². The summed E-state index contributed by atoms with van der Waals surface area (Å²) in [5.74, 6) is -0.990. The normalized spacial score (nSPS) is 10.4. The van der Waals surface area contributed by atoms with Crippen LogP contribution in [0.1, 0.15) is 5.69 Å². The molecule has 0 radical (unpaired) electrons.